The van der Waals surface area contributed by atoms with Gasteiger partial charge in [-0.1, -0.05) is 11.6 Å². The predicted molar refractivity (Wildman–Crippen MR) is 70.8 cm³/mol. The van der Waals surface area contributed by atoms with Crippen molar-refractivity contribution in [2.45, 2.75) is 50.0 Å². The number of aromatic nitrogens is 1. The van der Waals surface area contributed by atoms with Crippen LogP contribution in [0.3, 0.4) is 0 Å². The Morgan fingerprint density at radius 2 is 1.90 bits per heavy atom. The first-order valence-corrected chi connectivity index (χ1v) is 7.05. The molecule has 0 spiro atoms. The van der Waals surface area contributed by atoms with Gasteiger partial charge in [0.1, 0.15) is 5.82 Å². The highest BCUT2D eigenvalue weighted by atomic mass is 35.5. The molecule has 0 radical (unpaired) electrons. The number of nitrogens with one attached hydrogen (secondary N) is 2. The van der Waals surface area contributed by atoms with Crippen LogP contribution in [-0.4, -0.2) is 23.1 Å². The molecule has 2 bridgehead atoms. The summed E-state index contributed by atoms with van der Waals surface area (Å²) in [5.41, 5.74) is -0.821. The SMILES string of the molecule is FC(F)(F)c1cnc(NC2CC3CCC(C2)N3)c(Cl)c1. The van der Waals surface area contributed by atoms with Crippen LogP contribution in [0, 0.1) is 0 Å². The molecule has 2 N–H and O–H groups in total. The predicted octanol–water partition coefficient (Wildman–Crippen LogP) is 3.45. The molecule has 2 aliphatic rings. The van der Waals surface area contributed by atoms with Crippen LogP contribution in [0.1, 0.15) is 31.2 Å². The fourth-order valence-electron chi connectivity index (χ4n) is 3.07. The van der Waals surface area contributed by atoms with Crippen LogP contribution < -0.4 is 10.6 Å². The summed E-state index contributed by atoms with van der Waals surface area (Å²) in [6.45, 7) is 0. The lowest BCUT2D eigenvalue weighted by molar-refractivity contribution is -0.137. The van der Waals surface area contributed by atoms with E-state index in [1.54, 1.807) is 0 Å². The van der Waals surface area contributed by atoms with E-state index in [9.17, 15) is 13.2 Å². The first-order chi connectivity index (χ1) is 9.41. The van der Waals surface area contributed by atoms with Crippen molar-refractivity contribution in [1.29, 1.82) is 0 Å². The largest absolute Gasteiger partial charge is 0.417 e. The smallest absolute Gasteiger partial charge is 0.366 e. The number of alkyl halides is 3. The number of rotatable bonds is 2. The summed E-state index contributed by atoms with van der Waals surface area (Å²) in [5.74, 6) is 0.339. The Hall–Kier alpha value is -1.01. The Morgan fingerprint density at radius 1 is 1.25 bits per heavy atom. The molecular formula is C13H15ClF3N3. The van der Waals surface area contributed by atoms with E-state index in [1.807, 2.05) is 0 Å². The number of piperidine rings is 1. The van der Waals surface area contributed by atoms with E-state index in [-0.39, 0.29) is 11.1 Å². The van der Waals surface area contributed by atoms with Gasteiger partial charge in [0.25, 0.3) is 0 Å². The van der Waals surface area contributed by atoms with Gasteiger partial charge in [-0.3, -0.25) is 0 Å². The van der Waals surface area contributed by atoms with E-state index in [1.165, 1.54) is 0 Å². The molecule has 20 heavy (non-hydrogen) atoms. The van der Waals surface area contributed by atoms with Gasteiger partial charge in [0.2, 0.25) is 0 Å². The number of nitrogens with zero attached hydrogens (tertiary/aromatic N) is 1. The van der Waals surface area contributed by atoms with E-state index in [4.69, 9.17) is 11.6 Å². The highest BCUT2D eigenvalue weighted by molar-refractivity contribution is 6.33. The van der Waals surface area contributed by atoms with Crippen LogP contribution in [-0.2, 0) is 6.18 Å². The lowest BCUT2D eigenvalue weighted by atomic mass is 10.00. The zero-order valence-electron chi connectivity index (χ0n) is 10.7. The highest BCUT2D eigenvalue weighted by Gasteiger charge is 2.34. The molecule has 1 aromatic heterocycles. The van der Waals surface area contributed by atoms with Gasteiger partial charge in [-0.15, -0.1) is 0 Å². The lowest BCUT2D eigenvalue weighted by Gasteiger charge is -2.30. The van der Waals surface area contributed by atoms with Crippen molar-refractivity contribution in [2.75, 3.05) is 5.32 Å². The van der Waals surface area contributed by atoms with E-state index in [0.29, 0.717) is 17.9 Å². The maximum Gasteiger partial charge on any atom is 0.417 e. The number of hydrogen-bond acceptors (Lipinski definition) is 3. The average Bonchev–Trinajstić information content (AvgIpc) is 2.70. The standard InChI is InChI=1S/C13H15ClF3N3/c14-11-3-7(13(15,16)17)6-18-12(11)20-10-4-8-1-2-9(5-10)19-8/h3,6,8-10,19H,1-2,4-5H2,(H,18,20). The normalized spacial score (nSPS) is 29.5. The summed E-state index contributed by atoms with van der Waals surface area (Å²) in [6, 6.07) is 2.14. The molecule has 2 unspecified atom stereocenters. The summed E-state index contributed by atoms with van der Waals surface area (Å²) in [5, 5.41) is 6.70. The summed E-state index contributed by atoms with van der Waals surface area (Å²) < 4.78 is 37.6. The van der Waals surface area contributed by atoms with Crippen LogP contribution in [0.2, 0.25) is 5.02 Å². The molecule has 7 heteroatoms. The maximum atomic E-state index is 12.5. The van der Waals surface area contributed by atoms with Crippen molar-refractivity contribution in [3.63, 3.8) is 0 Å². The molecular weight excluding hydrogens is 291 g/mol. The Balaban J connectivity index is 1.72. The lowest BCUT2D eigenvalue weighted by Crippen LogP contribution is -2.43. The molecule has 3 rings (SSSR count). The van der Waals surface area contributed by atoms with E-state index in [0.717, 1.165) is 37.9 Å². The molecule has 0 saturated carbocycles. The molecule has 3 nitrogen and oxygen atoms in total. The maximum absolute atomic E-state index is 12.5. The molecule has 0 amide bonds. The fourth-order valence-corrected chi connectivity index (χ4v) is 3.29. The second-order valence-electron chi connectivity index (χ2n) is 5.50. The van der Waals surface area contributed by atoms with Crippen molar-refractivity contribution < 1.29 is 13.2 Å². The number of anilines is 1. The monoisotopic (exact) mass is 305 g/mol. The molecule has 3 heterocycles. The molecule has 1 aromatic rings. The minimum atomic E-state index is -4.41. The molecule has 0 aliphatic carbocycles. The van der Waals surface area contributed by atoms with E-state index < -0.39 is 11.7 Å². The van der Waals surface area contributed by atoms with E-state index in [2.05, 4.69) is 15.6 Å². The van der Waals surface area contributed by atoms with Gasteiger partial charge < -0.3 is 10.6 Å². The third-order valence-corrected chi connectivity index (χ3v) is 4.27. The number of hydrogen-bond donors (Lipinski definition) is 2. The van der Waals surface area contributed by atoms with Gasteiger partial charge in [0.15, 0.2) is 0 Å². The van der Waals surface area contributed by atoms with Crippen LogP contribution in [0.25, 0.3) is 0 Å². The second-order valence-corrected chi connectivity index (χ2v) is 5.91. The highest BCUT2D eigenvalue weighted by Crippen LogP contribution is 2.34. The fraction of sp³-hybridized carbons (Fsp3) is 0.615. The first kappa shape index (κ1) is 13.9. The topological polar surface area (TPSA) is 37.0 Å². The quantitative estimate of drug-likeness (QED) is 0.879. The van der Waals surface area contributed by atoms with Crippen molar-refractivity contribution in [2.24, 2.45) is 0 Å². The Labute approximate surface area is 119 Å². The van der Waals surface area contributed by atoms with E-state index >= 15 is 0 Å². The summed E-state index contributed by atoms with van der Waals surface area (Å²) >= 11 is 5.90. The van der Waals surface area contributed by atoms with Crippen LogP contribution in [0.5, 0.6) is 0 Å². The van der Waals surface area contributed by atoms with Gasteiger partial charge in [0.05, 0.1) is 10.6 Å². The first-order valence-electron chi connectivity index (χ1n) is 6.67. The van der Waals surface area contributed by atoms with Crippen molar-refractivity contribution in [1.82, 2.24) is 10.3 Å². The molecule has 2 saturated heterocycles. The third kappa shape index (κ3) is 2.86. The number of pyridine rings is 1. The van der Waals surface area contributed by atoms with Gasteiger partial charge >= 0.3 is 6.18 Å². The minimum Gasteiger partial charge on any atom is -0.366 e. The average molecular weight is 306 g/mol. The van der Waals surface area contributed by atoms with Crippen LogP contribution >= 0.6 is 11.6 Å². The van der Waals surface area contributed by atoms with Crippen LogP contribution in [0.15, 0.2) is 12.3 Å². The summed E-state index contributed by atoms with van der Waals surface area (Å²) in [7, 11) is 0. The number of fused-ring (bicyclic) bond motifs is 2. The molecule has 2 fully saturated rings. The van der Waals surface area contributed by atoms with Gasteiger partial charge in [-0.2, -0.15) is 13.2 Å². The minimum absolute atomic E-state index is 0.0192. The molecule has 110 valence electrons. The Morgan fingerprint density at radius 3 is 2.45 bits per heavy atom. The summed E-state index contributed by atoms with van der Waals surface area (Å²) in [4.78, 5) is 3.83. The second kappa shape index (κ2) is 5.07. The Bertz CT molecular complexity index is 494. The van der Waals surface area contributed by atoms with Crippen molar-refractivity contribution in [3.05, 3.63) is 22.8 Å². The van der Waals surface area contributed by atoms with Crippen molar-refractivity contribution >= 4 is 17.4 Å². The zero-order valence-corrected chi connectivity index (χ0v) is 11.4. The van der Waals surface area contributed by atoms with Gasteiger partial charge in [-0.25, -0.2) is 4.98 Å². The molecule has 2 atom stereocenters. The van der Waals surface area contributed by atoms with Crippen LogP contribution in [0.4, 0.5) is 19.0 Å². The molecule has 2 aliphatic heterocycles. The third-order valence-electron chi connectivity index (χ3n) is 3.98. The number of halogens is 4. The molecule has 0 aromatic carbocycles. The summed E-state index contributed by atoms with van der Waals surface area (Å²) in [6.07, 6.45) is 0.645. The Kier molecular flexibility index (Phi) is 3.54. The van der Waals surface area contributed by atoms with Gasteiger partial charge in [-0.05, 0) is 31.7 Å². The van der Waals surface area contributed by atoms with Crippen molar-refractivity contribution in [3.8, 4) is 0 Å². The zero-order chi connectivity index (χ0) is 14.3. The van der Waals surface area contributed by atoms with Gasteiger partial charge in [0, 0.05) is 24.3 Å².